The lowest BCUT2D eigenvalue weighted by Crippen LogP contribution is -2.34. The van der Waals surface area contributed by atoms with Gasteiger partial charge in [-0.15, -0.1) is 5.11 Å². The molecule has 6 N–H and O–H groups in total. The highest BCUT2D eigenvalue weighted by molar-refractivity contribution is 7.86. The summed E-state index contributed by atoms with van der Waals surface area (Å²) in [5.74, 6) is 0. The van der Waals surface area contributed by atoms with Gasteiger partial charge in [0.1, 0.15) is 10.6 Å². The molecule has 3 aromatic carbocycles. The molecule has 0 aliphatic heterocycles. The van der Waals surface area contributed by atoms with Gasteiger partial charge < -0.3 is 5.73 Å². The van der Waals surface area contributed by atoms with E-state index in [1.165, 1.54) is 0 Å². The van der Waals surface area contributed by atoms with Gasteiger partial charge in [0, 0.05) is 0 Å². The fourth-order valence-electron chi connectivity index (χ4n) is 2.92. The lowest BCUT2D eigenvalue weighted by atomic mass is 10.1. The van der Waals surface area contributed by atoms with Crippen LogP contribution in [0.3, 0.4) is 0 Å². The van der Waals surface area contributed by atoms with E-state index in [2.05, 4.69) is 31.3 Å². The monoisotopic (exact) mass is 547 g/mol. The number of primary amides is 1. The van der Waals surface area contributed by atoms with E-state index >= 15 is 0 Å². The number of urea groups is 1. The summed E-state index contributed by atoms with van der Waals surface area (Å²) in [5.41, 5.74) is 12.5. The van der Waals surface area contributed by atoms with Gasteiger partial charge in [-0.1, -0.05) is 0 Å². The number of amides is 2. The molecule has 0 bridgehead atoms. The van der Waals surface area contributed by atoms with Crippen molar-refractivity contribution in [2.45, 2.75) is 23.6 Å². The number of rotatable bonds is 8. The Kier molecular flexibility index (Phi) is 7.97. The summed E-state index contributed by atoms with van der Waals surface area (Å²) in [6, 6.07) is 11.6. The minimum atomic E-state index is -4.75. The third-order valence-electron chi connectivity index (χ3n) is 4.76. The highest BCUT2D eigenvalue weighted by Gasteiger charge is 2.20. The van der Waals surface area contributed by atoms with Crippen LogP contribution in [0.2, 0.25) is 0 Å². The molecule has 16 heteroatoms. The summed E-state index contributed by atoms with van der Waals surface area (Å²) in [6.45, 7) is 3.43. The maximum Gasteiger partial charge on any atom is 0.330 e. The second kappa shape index (κ2) is 10.8. The maximum atomic E-state index is 11.7. The Morgan fingerprint density at radius 3 is 1.81 bits per heavy atom. The lowest BCUT2D eigenvalue weighted by molar-refractivity contribution is 0.250. The molecule has 0 saturated heterocycles. The van der Waals surface area contributed by atoms with E-state index in [0.29, 0.717) is 33.9 Å². The molecular formula is C21H21N7O7S2. The van der Waals surface area contributed by atoms with Gasteiger partial charge in [0.05, 0.1) is 27.6 Å². The number of benzene rings is 3. The Bertz CT molecular complexity index is 1620. The molecule has 0 aliphatic rings. The number of carbonyl (C=O) groups excluding carboxylic acids is 1. The summed E-state index contributed by atoms with van der Waals surface area (Å²) in [6.07, 6.45) is 0. The van der Waals surface area contributed by atoms with E-state index in [1.54, 1.807) is 50.2 Å². The Morgan fingerprint density at radius 1 is 0.757 bits per heavy atom. The molecule has 0 heterocycles. The van der Waals surface area contributed by atoms with Crippen molar-refractivity contribution in [1.82, 2.24) is 5.43 Å². The predicted octanol–water partition coefficient (Wildman–Crippen LogP) is 4.62. The highest BCUT2D eigenvalue weighted by atomic mass is 32.2. The molecule has 3 aromatic rings. The largest absolute Gasteiger partial charge is 0.350 e. The molecule has 0 spiro atoms. The molecule has 194 valence electrons. The Labute approximate surface area is 211 Å². The number of nitrogens with two attached hydrogens (primary N) is 1. The number of nitrogens with zero attached hydrogens (tertiary/aromatic N) is 4. The smallest absolute Gasteiger partial charge is 0.330 e. The number of carbonyl (C=O) groups is 1. The van der Waals surface area contributed by atoms with Gasteiger partial charge in [-0.3, -0.25) is 20.0 Å². The summed E-state index contributed by atoms with van der Waals surface area (Å²) >= 11 is 0. The van der Waals surface area contributed by atoms with Crippen LogP contribution in [-0.4, -0.2) is 32.0 Å². The summed E-state index contributed by atoms with van der Waals surface area (Å²) in [4.78, 5) is 9.43. The first-order valence-electron chi connectivity index (χ1n) is 10.2. The van der Waals surface area contributed by atoms with Gasteiger partial charge in [-0.05, 0) is 79.6 Å². The maximum absolute atomic E-state index is 11.7. The fourth-order valence-corrected chi connectivity index (χ4v) is 4.02. The van der Waals surface area contributed by atoms with Gasteiger partial charge in [0.15, 0.2) is 0 Å². The molecule has 0 aliphatic carbocycles. The molecular weight excluding hydrogens is 526 g/mol. The third-order valence-corrected chi connectivity index (χ3v) is 6.51. The van der Waals surface area contributed by atoms with Crippen molar-refractivity contribution in [2.75, 3.05) is 5.43 Å². The average molecular weight is 548 g/mol. The normalized spacial score (nSPS) is 12.2. The number of hydrazine groups is 1. The molecule has 14 nitrogen and oxygen atoms in total. The molecule has 2 amide bonds. The summed E-state index contributed by atoms with van der Waals surface area (Å²) in [7, 11) is -9.41. The van der Waals surface area contributed by atoms with Crippen molar-refractivity contribution in [2.24, 2.45) is 26.2 Å². The number of hydrogen-bond donors (Lipinski definition) is 5. The third kappa shape index (κ3) is 7.37. The van der Waals surface area contributed by atoms with Gasteiger partial charge in [-0.25, -0.2) is 4.79 Å². The van der Waals surface area contributed by atoms with Crippen LogP contribution in [0.5, 0.6) is 0 Å². The SMILES string of the molecule is Cc1cc(N=Nc2cc(S(=O)(=O)O)ccc2S(=O)(=O)O)c(C)cc1N=Nc1ccc(NNC(N)=O)cc1. The minimum absolute atomic E-state index is 0.312. The molecule has 37 heavy (non-hydrogen) atoms. The van der Waals surface area contributed by atoms with Crippen LogP contribution < -0.4 is 16.6 Å². The van der Waals surface area contributed by atoms with E-state index in [1.807, 2.05) is 0 Å². The lowest BCUT2D eigenvalue weighted by Gasteiger charge is -2.07. The van der Waals surface area contributed by atoms with E-state index in [-0.39, 0.29) is 0 Å². The van der Waals surface area contributed by atoms with E-state index in [0.717, 1.165) is 18.2 Å². The zero-order chi connectivity index (χ0) is 27.4. The van der Waals surface area contributed by atoms with Crippen molar-refractivity contribution < 1.29 is 30.7 Å². The van der Waals surface area contributed by atoms with Gasteiger partial charge >= 0.3 is 6.03 Å². The van der Waals surface area contributed by atoms with E-state index in [9.17, 15) is 30.7 Å². The van der Waals surface area contributed by atoms with Crippen LogP contribution in [0.25, 0.3) is 0 Å². The van der Waals surface area contributed by atoms with Gasteiger partial charge in [0.25, 0.3) is 20.2 Å². The van der Waals surface area contributed by atoms with Crippen LogP contribution in [0.1, 0.15) is 11.1 Å². The number of nitrogens with one attached hydrogen (secondary N) is 2. The van der Waals surface area contributed by atoms with Crippen molar-refractivity contribution >= 4 is 54.7 Å². The van der Waals surface area contributed by atoms with Gasteiger partial charge in [0.2, 0.25) is 0 Å². The van der Waals surface area contributed by atoms with Gasteiger partial charge in [-0.2, -0.15) is 32.2 Å². The van der Waals surface area contributed by atoms with Crippen molar-refractivity contribution in [3.63, 3.8) is 0 Å². The highest BCUT2D eigenvalue weighted by Crippen LogP contribution is 2.33. The van der Waals surface area contributed by atoms with Crippen molar-refractivity contribution in [3.8, 4) is 0 Å². The summed E-state index contributed by atoms with van der Waals surface area (Å²) < 4.78 is 64.8. The summed E-state index contributed by atoms with van der Waals surface area (Å²) in [5, 5.41) is 16.2. The standard InChI is InChI=1S/C21H21N7O7S2/c1-12-10-18(26-27-19-11-16(36(30,31)32)7-8-20(19)37(33,34)35)13(2)9-17(12)25-23-14-3-5-15(6-4-14)24-28-21(22)29/h3-11,24H,1-2H3,(H3,22,28,29)(H,30,31,32)(H,33,34,35). The number of anilines is 1. The van der Waals surface area contributed by atoms with Crippen LogP contribution in [-0.2, 0) is 20.2 Å². The first-order valence-corrected chi connectivity index (χ1v) is 13.1. The second-order valence-electron chi connectivity index (χ2n) is 7.57. The molecule has 0 saturated carbocycles. The second-order valence-corrected chi connectivity index (χ2v) is 10.4. The van der Waals surface area contributed by atoms with E-state index in [4.69, 9.17) is 5.73 Å². The van der Waals surface area contributed by atoms with Crippen molar-refractivity contribution in [1.29, 1.82) is 0 Å². The molecule has 0 unspecified atom stereocenters. The molecule has 3 rings (SSSR count). The fraction of sp³-hybridized carbons (Fsp3) is 0.0952. The first kappa shape index (κ1) is 27.3. The number of azo groups is 2. The Balaban J connectivity index is 1.87. The van der Waals surface area contributed by atoms with E-state index < -0.39 is 41.7 Å². The number of hydrogen-bond acceptors (Lipinski definition) is 10. The zero-order valence-electron chi connectivity index (χ0n) is 19.3. The first-order chi connectivity index (χ1) is 17.2. The van der Waals surface area contributed by atoms with Crippen LogP contribution in [0, 0.1) is 13.8 Å². The molecule has 0 radical (unpaired) electrons. The Hall–Kier alpha value is -4.25. The molecule has 0 fully saturated rings. The minimum Gasteiger partial charge on any atom is -0.350 e. The predicted molar refractivity (Wildman–Crippen MR) is 133 cm³/mol. The quantitative estimate of drug-likeness (QED) is 0.151. The zero-order valence-corrected chi connectivity index (χ0v) is 20.9. The van der Waals surface area contributed by atoms with Crippen LogP contribution >= 0.6 is 0 Å². The molecule has 0 atom stereocenters. The topological polar surface area (TPSA) is 225 Å². The van der Waals surface area contributed by atoms with Crippen LogP contribution in [0.15, 0.2) is 84.8 Å². The van der Waals surface area contributed by atoms with Crippen LogP contribution in [0.4, 0.5) is 33.2 Å². The molecule has 0 aromatic heterocycles. The number of aryl methyl sites for hydroxylation is 2. The Morgan fingerprint density at radius 2 is 1.30 bits per heavy atom. The van der Waals surface area contributed by atoms with Crippen molar-refractivity contribution in [3.05, 3.63) is 65.7 Å². The average Bonchev–Trinajstić information content (AvgIpc) is 2.81.